The van der Waals surface area contributed by atoms with Gasteiger partial charge in [-0.15, -0.1) is 0 Å². The average molecular weight is 467 g/mol. The van der Waals surface area contributed by atoms with Crippen LogP contribution in [0.15, 0.2) is 36.5 Å². The van der Waals surface area contributed by atoms with Crippen LogP contribution in [0.1, 0.15) is 28.9 Å². The number of hydrogen-bond donors (Lipinski definition) is 1. The van der Waals surface area contributed by atoms with E-state index in [4.69, 9.17) is 17.3 Å². The third kappa shape index (κ3) is 4.35. The number of piperidine rings is 1. The lowest BCUT2D eigenvalue weighted by Gasteiger charge is -2.30. The zero-order valence-electron chi connectivity index (χ0n) is 16.8. The minimum absolute atomic E-state index is 0.0195. The number of aromatic nitrogens is 2. The number of carbonyl (C=O) groups is 1. The second-order valence-corrected chi connectivity index (χ2v) is 8.09. The largest absolute Gasteiger partial charge is 0.337 e. The van der Waals surface area contributed by atoms with Gasteiger partial charge in [-0.3, -0.25) is 4.79 Å². The Morgan fingerprint density at radius 1 is 1.06 bits per heavy atom. The number of likely N-dealkylation sites (tertiary alicyclic amines) is 1. The number of halogens is 5. The van der Waals surface area contributed by atoms with Crippen LogP contribution in [-0.4, -0.2) is 39.5 Å². The molecule has 5 nitrogen and oxygen atoms in total. The molecule has 0 aliphatic carbocycles. The summed E-state index contributed by atoms with van der Waals surface area (Å²) in [5.74, 6) is -4.97. The van der Waals surface area contributed by atoms with Crippen LogP contribution < -0.4 is 5.73 Å². The van der Waals surface area contributed by atoms with E-state index >= 15 is 0 Å². The summed E-state index contributed by atoms with van der Waals surface area (Å²) < 4.78 is 56.1. The van der Waals surface area contributed by atoms with Gasteiger partial charge in [0.05, 0.1) is 17.8 Å². The van der Waals surface area contributed by atoms with E-state index in [0.29, 0.717) is 31.5 Å². The maximum atomic E-state index is 13.8. The number of benzene rings is 2. The van der Waals surface area contributed by atoms with E-state index in [2.05, 4.69) is 4.98 Å². The van der Waals surface area contributed by atoms with Gasteiger partial charge in [0.1, 0.15) is 17.3 Å². The van der Waals surface area contributed by atoms with Gasteiger partial charge >= 0.3 is 0 Å². The molecular formula is C22H19ClF4N4O. The molecule has 1 aliphatic heterocycles. The van der Waals surface area contributed by atoms with Crippen molar-refractivity contribution in [1.82, 2.24) is 14.5 Å². The molecule has 168 valence electrons. The van der Waals surface area contributed by atoms with Crippen molar-refractivity contribution in [3.05, 3.63) is 76.1 Å². The fraction of sp³-hybridized carbons (Fsp3) is 0.273. The van der Waals surface area contributed by atoms with Crippen LogP contribution in [0.2, 0.25) is 5.02 Å². The number of imidazole rings is 1. The first-order valence-electron chi connectivity index (χ1n) is 9.94. The molecule has 0 spiro atoms. The SMILES string of the molecule is NC1CCN(C(=O)c2cnc(-c3ccc(F)c(Cl)c3)n2Cc2cc(F)c(F)c(F)c2)CC1. The molecule has 10 heteroatoms. The van der Waals surface area contributed by atoms with E-state index in [9.17, 15) is 22.4 Å². The maximum Gasteiger partial charge on any atom is 0.272 e. The van der Waals surface area contributed by atoms with Crippen LogP contribution in [0.25, 0.3) is 11.4 Å². The minimum Gasteiger partial charge on any atom is -0.337 e. The molecule has 2 heterocycles. The van der Waals surface area contributed by atoms with Crippen LogP contribution in [0.3, 0.4) is 0 Å². The van der Waals surface area contributed by atoms with Gasteiger partial charge in [-0.05, 0) is 48.7 Å². The Kier molecular flexibility index (Phi) is 6.21. The minimum atomic E-state index is -1.58. The molecule has 1 aliphatic rings. The standard InChI is InChI=1S/C22H19ClF4N4O/c23-15-9-13(1-2-16(15)24)21-29-10-19(22(32)30-5-3-14(28)4-6-30)31(21)11-12-7-17(25)20(27)18(26)8-12/h1-2,7-10,14H,3-6,11,28H2. The molecule has 1 amide bonds. The van der Waals surface area contributed by atoms with Crippen molar-refractivity contribution in [3.63, 3.8) is 0 Å². The second-order valence-electron chi connectivity index (χ2n) is 7.69. The summed E-state index contributed by atoms with van der Waals surface area (Å²) in [6.45, 7) is 0.748. The lowest BCUT2D eigenvalue weighted by molar-refractivity contribution is 0.0704. The smallest absolute Gasteiger partial charge is 0.272 e. The number of carbonyl (C=O) groups excluding carboxylic acids is 1. The van der Waals surface area contributed by atoms with E-state index in [1.165, 1.54) is 22.9 Å². The summed E-state index contributed by atoms with van der Waals surface area (Å²) in [6, 6.07) is 5.66. The molecule has 0 saturated carbocycles. The summed E-state index contributed by atoms with van der Waals surface area (Å²) in [6.07, 6.45) is 2.64. The van der Waals surface area contributed by atoms with Gasteiger partial charge in [0.2, 0.25) is 0 Å². The third-order valence-corrected chi connectivity index (χ3v) is 5.75. The van der Waals surface area contributed by atoms with E-state index in [1.54, 1.807) is 4.90 Å². The van der Waals surface area contributed by atoms with Crippen molar-refractivity contribution in [3.8, 4) is 11.4 Å². The van der Waals surface area contributed by atoms with Crippen LogP contribution in [0.4, 0.5) is 17.6 Å². The maximum absolute atomic E-state index is 13.8. The highest BCUT2D eigenvalue weighted by Gasteiger charge is 2.26. The van der Waals surface area contributed by atoms with Gasteiger partial charge < -0.3 is 15.2 Å². The Bertz CT molecular complexity index is 1150. The molecule has 0 bridgehead atoms. The predicted octanol–water partition coefficient (Wildman–Crippen LogP) is 4.37. The van der Waals surface area contributed by atoms with Gasteiger partial charge in [-0.1, -0.05) is 11.6 Å². The fourth-order valence-electron chi connectivity index (χ4n) is 3.72. The van der Waals surface area contributed by atoms with Crippen molar-refractivity contribution in [2.75, 3.05) is 13.1 Å². The molecule has 4 rings (SSSR count). The van der Waals surface area contributed by atoms with E-state index in [-0.39, 0.29) is 40.6 Å². The number of amides is 1. The molecule has 2 aromatic carbocycles. The van der Waals surface area contributed by atoms with Gasteiger partial charge in [0.25, 0.3) is 5.91 Å². The predicted molar refractivity (Wildman–Crippen MR) is 111 cm³/mol. The van der Waals surface area contributed by atoms with Gasteiger partial charge in [-0.25, -0.2) is 22.5 Å². The highest BCUT2D eigenvalue weighted by Crippen LogP contribution is 2.27. The number of nitrogens with two attached hydrogens (primary N) is 1. The molecule has 32 heavy (non-hydrogen) atoms. The molecule has 1 fully saturated rings. The molecule has 2 N–H and O–H groups in total. The van der Waals surface area contributed by atoms with Crippen molar-refractivity contribution in [2.45, 2.75) is 25.4 Å². The van der Waals surface area contributed by atoms with Crippen molar-refractivity contribution < 1.29 is 22.4 Å². The van der Waals surface area contributed by atoms with Gasteiger partial charge in [0.15, 0.2) is 17.5 Å². The Hall–Kier alpha value is -2.91. The summed E-state index contributed by atoms with van der Waals surface area (Å²) in [4.78, 5) is 19.1. The summed E-state index contributed by atoms with van der Waals surface area (Å²) in [5, 5.41) is -0.145. The molecule has 0 radical (unpaired) electrons. The molecule has 3 aromatic rings. The molecule has 1 aromatic heterocycles. The summed E-state index contributed by atoms with van der Waals surface area (Å²) in [7, 11) is 0. The zero-order valence-corrected chi connectivity index (χ0v) is 17.5. The number of nitrogens with zero attached hydrogens (tertiary/aromatic N) is 3. The molecule has 0 unspecified atom stereocenters. The summed E-state index contributed by atoms with van der Waals surface area (Å²) in [5.41, 5.74) is 6.57. The highest BCUT2D eigenvalue weighted by molar-refractivity contribution is 6.31. The van der Waals surface area contributed by atoms with E-state index in [0.717, 1.165) is 18.2 Å². The summed E-state index contributed by atoms with van der Waals surface area (Å²) >= 11 is 5.90. The van der Waals surface area contributed by atoms with Crippen LogP contribution in [0, 0.1) is 23.3 Å². The van der Waals surface area contributed by atoms with Crippen LogP contribution >= 0.6 is 11.6 Å². The lowest BCUT2D eigenvalue weighted by atomic mass is 10.1. The molecule has 1 saturated heterocycles. The average Bonchev–Trinajstić information content (AvgIpc) is 3.17. The third-order valence-electron chi connectivity index (χ3n) is 5.46. The first-order valence-corrected chi connectivity index (χ1v) is 10.3. The Morgan fingerprint density at radius 3 is 2.34 bits per heavy atom. The molecule has 0 atom stereocenters. The van der Waals surface area contributed by atoms with E-state index < -0.39 is 23.3 Å². The van der Waals surface area contributed by atoms with Crippen molar-refractivity contribution in [2.24, 2.45) is 5.73 Å². The van der Waals surface area contributed by atoms with Crippen LogP contribution in [0.5, 0.6) is 0 Å². The number of hydrogen-bond acceptors (Lipinski definition) is 3. The Morgan fingerprint density at radius 2 is 1.72 bits per heavy atom. The second kappa shape index (κ2) is 8.91. The quantitative estimate of drug-likeness (QED) is 0.458. The highest BCUT2D eigenvalue weighted by atomic mass is 35.5. The van der Waals surface area contributed by atoms with E-state index in [1.807, 2.05) is 0 Å². The van der Waals surface area contributed by atoms with Gasteiger partial charge in [0, 0.05) is 24.7 Å². The first kappa shape index (κ1) is 22.3. The first-order chi connectivity index (χ1) is 15.2. The lowest BCUT2D eigenvalue weighted by Crippen LogP contribution is -2.43. The monoisotopic (exact) mass is 466 g/mol. The van der Waals surface area contributed by atoms with Gasteiger partial charge in [-0.2, -0.15) is 0 Å². The van der Waals surface area contributed by atoms with Crippen LogP contribution in [-0.2, 0) is 6.54 Å². The van der Waals surface area contributed by atoms with Crippen molar-refractivity contribution in [1.29, 1.82) is 0 Å². The Balaban J connectivity index is 1.77. The topological polar surface area (TPSA) is 64.2 Å². The normalized spacial score (nSPS) is 14.8. The number of rotatable bonds is 4. The fourth-order valence-corrected chi connectivity index (χ4v) is 3.90. The zero-order chi connectivity index (χ0) is 23.0. The molecular weight excluding hydrogens is 448 g/mol. The van der Waals surface area contributed by atoms with Crippen molar-refractivity contribution >= 4 is 17.5 Å². The Labute approximate surface area is 186 Å².